The van der Waals surface area contributed by atoms with Crippen molar-refractivity contribution in [2.24, 2.45) is 7.05 Å². The fourth-order valence-electron chi connectivity index (χ4n) is 4.46. The second-order valence-electron chi connectivity index (χ2n) is 6.77. The van der Waals surface area contributed by atoms with Crippen molar-refractivity contribution in [2.45, 2.75) is 25.7 Å². The fourth-order valence-corrected chi connectivity index (χ4v) is 4.46. The molecule has 2 aliphatic rings. The van der Waals surface area contributed by atoms with Gasteiger partial charge in [0, 0.05) is 22.3 Å². The maximum Gasteiger partial charge on any atom is 0.216 e. The van der Waals surface area contributed by atoms with E-state index in [0.29, 0.717) is 0 Å². The molecule has 3 aromatic rings. The van der Waals surface area contributed by atoms with E-state index in [0.717, 1.165) is 12.8 Å². The van der Waals surface area contributed by atoms with Crippen molar-refractivity contribution in [3.63, 3.8) is 0 Å². The minimum absolute atomic E-state index is 1.16. The molecule has 0 spiro atoms. The zero-order chi connectivity index (χ0) is 15.4. The molecule has 1 heteroatoms. The van der Waals surface area contributed by atoms with Gasteiger partial charge in [0.05, 0.1) is 0 Å². The molecule has 5 rings (SSSR count). The number of aromatic nitrogens is 1. The lowest BCUT2D eigenvalue weighted by atomic mass is 9.83. The minimum Gasteiger partial charge on any atom is -0.194 e. The van der Waals surface area contributed by atoms with Crippen molar-refractivity contribution in [1.29, 1.82) is 0 Å². The Hall–Kier alpha value is -2.41. The third-order valence-corrected chi connectivity index (χ3v) is 5.50. The minimum atomic E-state index is 1.16. The summed E-state index contributed by atoms with van der Waals surface area (Å²) in [4.78, 5) is 0. The van der Waals surface area contributed by atoms with Gasteiger partial charge in [0.2, 0.25) is 11.4 Å². The van der Waals surface area contributed by atoms with Crippen LogP contribution in [0, 0.1) is 0 Å². The Morgan fingerprint density at radius 2 is 1.04 bits per heavy atom. The van der Waals surface area contributed by atoms with E-state index in [2.05, 4.69) is 66.2 Å². The predicted octanol–water partition coefficient (Wildman–Crippen LogP) is 4.04. The van der Waals surface area contributed by atoms with E-state index >= 15 is 0 Å². The standard InChI is InChI=1S/C22H20N/c1-23-21-17(12-10-15-6-2-4-8-19(15)21)14-18-13-11-16-7-3-5-9-20(16)22(18)23/h2-9,14H,10-13H2,1H3/q+1. The lowest BCUT2D eigenvalue weighted by Crippen LogP contribution is -2.39. The third kappa shape index (κ3) is 1.83. The lowest BCUT2D eigenvalue weighted by molar-refractivity contribution is -0.650. The molecule has 23 heavy (non-hydrogen) atoms. The molecule has 0 atom stereocenters. The Morgan fingerprint density at radius 1 is 0.609 bits per heavy atom. The van der Waals surface area contributed by atoms with Gasteiger partial charge in [-0.1, -0.05) is 36.4 Å². The van der Waals surface area contributed by atoms with Crippen molar-refractivity contribution >= 4 is 0 Å². The second-order valence-corrected chi connectivity index (χ2v) is 6.77. The zero-order valence-electron chi connectivity index (χ0n) is 13.5. The van der Waals surface area contributed by atoms with Crippen LogP contribution in [0.25, 0.3) is 22.5 Å². The van der Waals surface area contributed by atoms with Crippen LogP contribution in [0.1, 0.15) is 22.3 Å². The third-order valence-electron chi connectivity index (χ3n) is 5.50. The van der Waals surface area contributed by atoms with Crippen molar-refractivity contribution in [2.75, 3.05) is 0 Å². The van der Waals surface area contributed by atoms with Crippen LogP contribution < -0.4 is 4.57 Å². The molecule has 1 nitrogen and oxygen atoms in total. The van der Waals surface area contributed by atoms with Gasteiger partial charge >= 0.3 is 0 Å². The van der Waals surface area contributed by atoms with Crippen LogP contribution in [0.15, 0.2) is 54.6 Å². The largest absolute Gasteiger partial charge is 0.216 e. The average Bonchev–Trinajstić information content (AvgIpc) is 2.61. The highest BCUT2D eigenvalue weighted by molar-refractivity contribution is 5.73. The molecule has 0 bridgehead atoms. The number of pyridine rings is 1. The summed E-state index contributed by atoms with van der Waals surface area (Å²) in [6.45, 7) is 0. The second kappa shape index (κ2) is 4.79. The van der Waals surface area contributed by atoms with Crippen LogP contribution >= 0.6 is 0 Å². The van der Waals surface area contributed by atoms with Crippen LogP contribution in [-0.4, -0.2) is 0 Å². The Balaban J connectivity index is 1.84. The first-order chi connectivity index (χ1) is 11.3. The summed E-state index contributed by atoms with van der Waals surface area (Å²) in [5.41, 5.74) is 11.7. The topological polar surface area (TPSA) is 3.88 Å². The van der Waals surface area contributed by atoms with Crippen LogP contribution in [0.3, 0.4) is 0 Å². The highest BCUT2D eigenvalue weighted by Gasteiger charge is 2.31. The maximum absolute atomic E-state index is 2.48. The summed E-state index contributed by atoms with van der Waals surface area (Å²) >= 11 is 0. The molecule has 0 aliphatic heterocycles. The molecule has 1 aromatic heterocycles. The van der Waals surface area contributed by atoms with Gasteiger partial charge in [0.1, 0.15) is 7.05 Å². The van der Waals surface area contributed by atoms with Crippen molar-refractivity contribution in [3.8, 4) is 22.5 Å². The Bertz CT molecular complexity index is 863. The van der Waals surface area contributed by atoms with Gasteiger partial charge in [-0.3, -0.25) is 0 Å². The van der Waals surface area contributed by atoms with Crippen molar-refractivity contribution in [3.05, 3.63) is 76.9 Å². The molecule has 0 saturated carbocycles. The van der Waals surface area contributed by atoms with E-state index in [1.54, 1.807) is 0 Å². The van der Waals surface area contributed by atoms with E-state index in [9.17, 15) is 0 Å². The average molecular weight is 298 g/mol. The predicted molar refractivity (Wildman–Crippen MR) is 93.3 cm³/mol. The maximum atomic E-state index is 2.48. The first-order valence-electron chi connectivity index (χ1n) is 8.54. The lowest BCUT2D eigenvalue weighted by Gasteiger charge is -2.23. The summed E-state index contributed by atoms with van der Waals surface area (Å²) in [6.07, 6.45) is 4.65. The normalized spacial score (nSPS) is 14.5. The monoisotopic (exact) mass is 298 g/mol. The van der Waals surface area contributed by atoms with Gasteiger partial charge in [0.25, 0.3) is 0 Å². The first kappa shape index (κ1) is 13.1. The molecule has 0 amide bonds. The van der Waals surface area contributed by atoms with Crippen molar-refractivity contribution in [1.82, 2.24) is 0 Å². The number of nitrogens with zero attached hydrogens (tertiary/aromatic N) is 1. The van der Waals surface area contributed by atoms with E-state index in [4.69, 9.17) is 0 Å². The Kier molecular flexibility index (Phi) is 2.72. The van der Waals surface area contributed by atoms with E-state index in [1.807, 2.05) is 0 Å². The number of fused-ring (bicyclic) bond motifs is 6. The fraction of sp³-hybridized carbons (Fsp3) is 0.227. The van der Waals surface area contributed by atoms with E-state index in [-0.39, 0.29) is 0 Å². The van der Waals surface area contributed by atoms with Gasteiger partial charge in [-0.2, -0.15) is 4.57 Å². The molecule has 2 aliphatic carbocycles. The molecule has 2 aromatic carbocycles. The molecular formula is C22H20N+. The van der Waals surface area contributed by atoms with Gasteiger partial charge in [-0.05, 0) is 55.0 Å². The molecule has 1 heterocycles. The van der Waals surface area contributed by atoms with Gasteiger partial charge in [0.15, 0.2) is 0 Å². The number of rotatable bonds is 0. The summed E-state index contributed by atoms with van der Waals surface area (Å²) in [5, 5.41) is 0. The molecular weight excluding hydrogens is 278 g/mol. The molecule has 112 valence electrons. The van der Waals surface area contributed by atoms with Crippen LogP contribution in [0.5, 0.6) is 0 Å². The smallest absolute Gasteiger partial charge is 0.194 e. The van der Waals surface area contributed by atoms with Crippen LogP contribution in [0.4, 0.5) is 0 Å². The number of hydrogen-bond acceptors (Lipinski definition) is 0. The number of hydrogen-bond donors (Lipinski definition) is 0. The summed E-state index contributed by atoms with van der Waals surface area (Å²) in [7, 11) is 2.25. The molecule has 0 fully saturated rings. The molecule has 0 N–H and O–H groups in total. The number of aryl methyl sites for hydroxylation is 4. The van der Waals surface area contributed by atoms with Gasteiger partial charge in [-0.15, -0.1) is 0 Å². The van der Waals surface area contributed by atoms with Crippen LogP contribution in [0.2, 0.25) is 0 Å². The first-order valence-corrected chi connectivity index (χ1v) is 8.54. The Morgan fingerprint density at radius 3 is 1.57 bits per heavy atom. The highest BCUT2D eigenvalue weighted by atomic mass is 15.0. The summed E-state index contributed by atoms with van der Waals surface area (Å²) in [6, 6.07) is 20.3. The SMILES string of the molecule is C[n+]1c2c(cc3c1-c1ccccc1CC3)CCc1ccccc1-2. The van der Waals surface area contributed by atoms with E-state index in [1.165, 1.54) is 57.6 Å². The van der Waals surface area contributed by atoms with Gasteiger partial charge in [-0.25, -0.2) is 0 Å². The molecule has 0 radical (unpaired) electrons. The molecule has 0 unspecified atom stereocenters. The Labute approximate surface area is 137 Å². The van der Waals surface area contributed by atoms with Gasteiger partial charge < -0.3 is 0 Å². The summed E-state index contributed by atoms with van der Waals surface area (Å²) < 4.78 is 2.46. The van der Waals surface area contributed by atoms with Crippen molar-refractivity contribution < 1.29 is 4.57 Å². The summed E-state index contributed by atoms with van der Waals surface area (Å²) in [5.74, 6) is 0. The quantitative estimate of drug-likeness (QED) is 0.551. The van der Waals surface area contributed by atoms with E-state index < -0.39 is 0 Å². The zero-order valence-corrected chi connectivity index (χ0v) is 13.5. The number of benzene rings is 2. The highest BCUT2D eigenvalue weighted by Crippen LogP contribution is 2.37. The molecule has 0 saturated heterocycles. The van der Waals surface area contributed by atoms with Crippen LogP contribution in [-0.2, 0) is 32.7 Å².